The molecule has 1 heterocycles. The molecule has 0 radical (unpaired) electrons. The number of nitrogens with zero attached hydrogens (tertiary/aromatic N) is 2. The van der Waals surface area contributed by atoms with Crippen molar-refractivity contribution in [2.75, 3.05) is 0 Å². The molecule has 0 aliphatic rings. The minimum Gasteiger partial charge on any atom is -0.504 e. The highest BCUT2D eigenvalue weighted by atomic mass is 32.2. The minimum absolute atomic E-state index is 0.0906. The molecule has 0 saturated heterocycles. The number of rotatable bonds is 4. The number of hydrogen-bond acceptors (Lipinski definition) is 4. The molecule has 22 heavy (non-hydrogen) atoms. The predicted molar refractivity (Wildman–Crippen MR) is 86.8 cm³/mol. The van der Waals surface area contributed by atoms with E-state index in [0.717, 1.165) is 0 Å². The maximum atomic E-state index is 12.3. The summed E-state index contributed by atoms with van der Waals surface area (Å²) in [5.74, 6) is 0.0906. The van der Waals surface area contributed by atoms with Gasteiger partial charge in [-0.15, -0.1) is 0 Å². The van der Waals surface area contributed by atoms with Crippen molar-refractivity contribution < 1.29 is 13.5 Å². The largest absolute Gasteiger partial charge is 0.504 e. The minimum atomic E-state index is -3.36. The maximum Gasteiger partial charge on any atom is 0.180 e. The second-order valence-corrected chi connectivity index (χ2v) is 8.45. The highest BCUT2D eigenvalue weighted by Crippen LogP contribution is 2.33. The fraction of sp³-hybridized carbons (Fsp3) is 0.438. The highest BCUT2D eigenvalue weighted by molar-refractivity contribution is 7.92. The van der Waals surface area contributed by atoms with Gasteiger partial charge in [0.15, 0.2) is 15.6 Å². The van der Waals surface area contributed by atoms with Crippen molar-refractivity contribution in [2.45, 2.75) is 50.8 Å². The highest BCUT2D eigenvalue weighted by Gasteiger charge is 2.22. The Labute approximate surface area is 131 Å². The van der Waals surface area contributed by atoms with Crippen LogP contribution in [0.25, 0.3) is 11.3 Å². The molecule has 5 nitrogen and oxygen atoms in total. The SMILES string of the molecule is Cc1c(O)c(-c2cccc(S(=O)(=O)C(C)C)c2)nn1C(C)C. The summed E-state index contributed by atoms with van der Waals surface area (Å²) in [5, 5.41) is 14.2. The summed E-state index contributed by atoms with van der Waals surface area (Å²) in [4.78, 5) is 0.246. The van der Waals surface area contributed by atoms with Gasteiger partial charge in [0.1, 0.15) is 5.69 Å². The third-order valence-electron chi connectivity index (χ3n) is 3.66. The van der Waals surface area contributed by atoms with Gasteiger partial charge in [-0.3, -0.25) is 4.68 Å². The molecule has 0 aliphatic carbocycles. The molecular weight excluding hydrogens is 300 g/mol. The van der Waals surface area contributed by atoms with Gasteiger partial charge in [-0.05, 0) is 46.8 Å². The van der Waals surface area contributed by atoms with Gasteiger partial charge in [0.25, 0.3) is 0 Å². The van der Waals surface area contributed by atoms with Gasteiger partial charge in [0, 0.05) is 11.6 Å². The second kappa shape index (κ2) is 5.76. The van der Waals surface area contributed by atoms with Crippen LogP contribution in [0, 0.1) is 6.92 Å². The van der Waals surface area contributed by atoms with Crippen molar-refractivity contribution in [1.82, 2.24) is 9.78 Å². The molecule has 0 unspecified atom stereocenters. The third kappa shape index (κ3) is 2.75. The standard InChI is InChI=1S/C16H22N2O3S/c1-10(2)18-12(5)16(19)15(17-18)13-7-6-8-14(9-13)22(20,21)11(3)4/h6-11,19H,1-5H3. The lowest BCUT2D eigenvalue weighted by Crippen LogP contribution is -2.13. The smallest absolute Gasteiger partial charge is 0.180 e. The first-order valence-corrected chi connectivity index (χ1v) is 8.83. The van der Waals surface area contributed by atoms with Crippen LogP contribution >= 0.6 is 0 Å². The summed E-state index contributed by atoms with van der Waals surface area (Å²) >= 11 is 0. The van der Waals surface area contributed by atoms with Crippen LogP contribution in [-0.2, 0) is 9.84 Å². The molecule has 0 fully saturated rings. The fourth-order valence-electron chi connectivity index (χ4n) is 2.30. The number of aromatic hydroxyl groups is 1. The first-order chi connectivity index (χ1) is 10.2. The van der Waals surface area contributed by atoms with Gasteiger partial charge in [0.2, 0.25) is 0 Å². The Morgan fingerprint density at radius 3 is 2.32 bits per heavy atom. The Hall–Kier alpha value is -1.82. The summed E-state index contributed by atoms with van der Waals surface area (Å²) in [6.45, 7) is 9.04. The van der Waals surface area contributed by atoms with Crippen LogP contribution < -0.4 is 0 Å². The molecule has 6 heteroatoms. The van der Waals surface area contributed by atoms with Gasteiger partial charge in [-0.2, -0.15) is 5.10 Å². The van der Waals surface area contributed by atoms with Gasteiger partial charge >= 0.3 is 0 Å². The molecule has 2 rings (SSSR count). The number of sulfone groups is 1. The Morgan fingerprint density at radius 1 is 1.18 bits per heavy atom. The van der Waals surface area contributed by atoms with E-state index in [1.807, 2.05) is 13.8 Å². The summed E-state index contributed by atoms with van der Waals surface area (Å²) in [5.41, 5.74) is 1.68. The predicted octanol–water partition coefficient (Wildman–Crippen LogP) is 3.33. The Bertz CT molecular complexity index is 790. The molecule has 0 spiro atoms. The van der Waals surface area contributed by atoms with Crippen molar-refractivity contribution >= 4 is 9.84 Å². The molecule has 0 saturated carbocycles. The van der Waals surface area contributed by atoms with Crippen LogP contribution in [0.2, 0.25) is 0 Å². The van der Waals surface area contributed by atoms with Crippen molar-refractivity contribution in [1.29, 1.82) is 0 Å². The van der Waals surface area contributed by atoms with E-state index in [0.29, 0.717) is 17.0 Å². The average Bonchev–Trinajstić information content (AvgIpc) is 2.75. The van der Waals surface area contributed by atoms with Crippen LogP contribution in [0.5, 0.6) is 5.75 Å². The molecule has 0 aliphatic heterocycles. The lowest BCUT2D eigenvalue weighted by atomic mass is 10.1. The van der Waals surface area contributed by atoms with E-state index in [2.05, 4.69) is 5.10 Å². The van der Waals surface area contributed by atoms with Crippen molar-refractivity contribution in [3.63, 3.8) is 0 Å². The topological polar surface area (TPSA) is 72.2 Å². The summed E-state index contributed by atoms with van der Waals surface area (Å²) in [6.07, 6.45) is 0. The molecule has 120 valence electrons. The molecule has 1 N–H and O–H groups in total. The average molecular weight is 322 g/mol. The molecule has 1 aromatic carbocycles. The van der Waals surface area contributed by atoms with Crippen molar-refractivity contribution in [3.05, 3.63) is 30.0 Å². The van der Waals surface area contributed by atoms with E-state index in [9.17, 15) is 13.5 Å². The fourth-order valence-corrected chi connectivity index (χ4v) is 3.40. The lowest BCUT2D eigenvalue weighted by molar-refractivity contribution is 0.461. The zero-order valence-electron chi connectivity index (χ0n) is 13.5. The van der Waals surface area contributed by atoms with Gasteiger partial charge in [-0.25, -0.2) is 8.42 Å². The summed E-state index contributed by atoms with van der Waals surface area (Å²) in [6, 6.07) is 6.69. The molecule has 0 amide bonds. The molecule has 0 atom stereocenters. The van der Waals surface area contributed by atoms with E-state index in [-0.39, 0.29) is 16.7 Å². The quantitative estimate of drug-likeness (QED) is 0.937. The van der Waals surface area contributed by atoms with Gasteiger partial charge in [-0.1, -0.05) is 12.1 Å². The van der Waals surface area contributed by atoms with Gasteiger partial charge in [0.05, 0.1) is 15.8 Å². The number of hydrogen-bond donors (Lipinski definition) is 1. The van der Waals surface area contributed by atoms with E-state index in [1.165, 1.54) is 0 Å². The maximum absolute atomic E-state index is 12.3. The van der Waals surface area contributed by atoms with Crippen LogP contribution in [-0.4, -0.2) is 28.6 Å². The van der Waals surface area contributed by atoms with Crippen LogP contribution in [0.4, 0.5) is 0 Å². The third-order valence-corrected chi connectivity index (χ3v) is 5.82. The van der Waals surface area contributed by atoms with Gasteiger partial charge < -0.3 is 5.11 Å². The molecule has 1 aromatic heterocycles. The first-order valence-electron chi connectivity index (χ1n) is 7.28. The van der Waals surface area contributed by atoms with Crippen molar-refractivity contribution in [3.8, 4) is 17.0 Å². The zero-order valence-corrected chi connectivity index (χ0v) is 14.3. The zero-order chi connectivity index (χ0) is 16.7. The van der Waals surface area contributed by atoms with Crippen LogP contribution in [0.3, 0.4) is 0 Å². The molecular formula is C16H22N2O3S. The Kier molecular flexibility index (Phi) is 4.33. The number of benzene rings is 1. The van der Waals surface area contributed by atoms with Crippen molar-refractivity contribution in [2.24, 2.45) is 0 Å². The Balaban J connectivity index is 2.59. The van der Waals surface area contributed by atoms with Crippen LogP contribution in [0.15, 0.2) is 29.2 Å². The van der Waals surface area contributed by atoms with E-state index in [4.69, 9.17) is 0 Å². The summed E-state index contributed by atoms with van der Waals surface area (Å²) < 4.78 is 26.3. The number of aromatic nitrogens is 2. The summed E-state index contributed by atoms with van der Waals surface area (Å²) in [7, 11) is -3.36. The Morgan fingerprint density at radius 2 is 1.82 bits per heavy atom. The van der Waals surface area contributed by atoms with E-state index < -0.39 is 15.1 Å². The first kappa shape index (κ1) is 16.5. The lowest BCUT2D eigenvalue weighted by Gasteiger charge is -2.09. The molecule has 2 aromatic rings. The monoisotopic (exact) mass is 322 g/mol. The molecule has 0 bridgehead atoms. The second-order valence-electron chi connectivity index (χ2n) is 5.94. The van der Waals surface area contributed by atoms with E-state index in [1.54, 1.807) is 49.7 Å². The van der Waals surface area contributed by atoms with E-state index >= 15 is 0 Å². The van der Waals surface area contributed by atoms with Crippen LogP contribution in [0.1, 0.15) is 39.4 Å². The normalized spacial score (nSPS) is 12.3.